The third-order valence-electron chi connectivity index (χ3n) is 5.41. The van der Waals surface area contributed by atoms with Crippen LogP contribution in [-0.4, -0.2) is 58.6 Å². The number of hydrogen-bond acceptors (Lipinski definition) is 8. The van der Waals surface area contributed by atoms with E-state index in [2.05, 4.69) is 20.5 Å². The number of likely N-dealkylation sites (tertiary alicyclic amines) is 1. The van der Waals surface area contributed by atoms with Gasteiger partial charge in [0.2, 0.25) is 5.91 Å². The molecular weight excluding hydrogens is 511 g/mol. The lowest BCUT2D eigenvalue weighted by atomic mass is 10.1. The number of halogens is 3. The summed E-state index contributed by atoms with van der Waals surface area (Å²) >= 11 is 0.786. The molecule has 0 saturated carbocycles. The molecule has 0 aliphatic carbocycles. The lowest BCUT2D eigenvalue weighted by Gasteiger charge is -2.25. The largest absolute Gasteiger partial charge is 0.405 e. The first-order valence-electron chi connectivity index (χ1n) is 11.6. The molecule has 198 valence electrons. The summed E-state index contributed by atoms with van der Waals surface area (Å²) in [5.74, 6) is -0.773. The Morgan fingerprint density at radius 3 is 2.57 bits per heavy atom. The van der Waals surface area contributed by atoms with E-state index >= 15 is 0 Å². The first-order chi connectivity index (χ1) is 17.6. The fraction of sp³-hybridized carbons (Fsp3) is 0.435. The molecule has 0 radical (unpaired) electrons. The van der Waals surface area contributed by atoms with Crippen molar-refractivity contribution in [2.75, 3.05) is 36.8 Å². The van der Waals surface area contributed by atoms with Gasteiger partial charge in [0.05, 0.1) is 6.54 Å². The van der Waals surface area contributed by atoms with Gasteiger partial charge in [0.1, 0.15) is 33.4 Å². The van der Waals surface area contributed by atoms with Crippen molar-refractivity contribution >= 4 is 46.6 Å². The van der Waals surface area contributed by atoms with E-state index in [9.17, 15) is 32.8 Å². The number of carbonyl (C=O) groups is 2. The molecule has 1 aliphatic rings. The number of alkyl halides is 3. The summed E-state index contributed by atoms with van der Waals surface area (Å²) in [6, 6.07) is 6.50. The first-order valence-corrected chi connectivity index (χ1v) is 12.4. The number of nitriles is 1. The minimum absolute atomic E-state index is 0.0607. The minimum atomic E-state index is -4.65. The van der Waals surface area contributed by atoms with Crippen LogP contribution in [0, 0.1) is 11.3 Å². The van der Waals surface area contributed by atoms with Crippen LogP contribution in [0.25, 0.3) is 11.8 Å². The van der Waals surface area contributed by atoms with Gasteiger partial charge in [0.25, 0.3) is 11.5 Å². The zero-order valence-electron chi connectivity index (χ0n) is 20.0. The summed E-state index contributed by atoms with van der Waals surface area (Å²) < 4.78 is 38.6. The van der Waals surface area contributed by atoms with Crippen molar-refractivity contribution in [1.29, 1.82) is 5.26 Å². The molecule has 0 atom stereocenters. The predicted octanol–water partition coefficient (Wildman–Crippen LogP) is 0.952. The highest BCUT2D eigenvalue weighted by Gasteiger charge is 2.29. The lowest BCUT2D eigenvalue weighted by Crippen LogP contribution is -2.37. The lowest BCUT2D eigenvalue weighted by molar-refractivity contribution is -0.135. The Morgan fingerprint density at radius 2 is 1.92 bits per heavy atom. The molecule has 0 unspecified atom stereocenters. The van der Waals surface area contributed by atoms with Gasteiger partial charge in [-0.1, -0.05) is 12.5 Å². The Kier molecular flexibility index (Phi) is 9.42. The number of piperidine rings is 1. The number of rotatable bonds is 8. The second-order valence-corrected chi connectivity index (χ2v) is 9.22. The number of nitrogens with zero attached hydrogens (tertiary/aromatic N) is 4. The van der Waals surface area contributed by atoms with Gasteiger partial charge >= 0.3 is 6.18 Å². The van der Waals surface area contributed by atoms with Crippen LogP contribution in [0.2, 0.25) is 0 Å². The summed E-state index contributed by atoms with van der Waals surface area (Å²) in [6.07, 6.45) is -0.0198. The molecule has 3 N–H and O–H groups in total. The van der Waals surface area contributed by atoms with Crippen LogP contribution in [0.4, 0.5) is 24.8 Å². The van der Waals surface area contributed by atoms with Gasteiger partial charge in [-0.3, -0.25) is 23.9 Å². The molecule has 37 heavy (non-hydrogen) atoms. The number of amides is 2. The molecular formula is C23H26F3N7O3S. The number of nitrogens with one attached hydrogen (secondary N) is 3. The summed E-state index contributed by atoms with van der Waals surface area (Å²) in [5, 5.41) is 16.7. The molecule has 3 rings (SSSR count). The quantitative estimate of drug-likeness (QED) is 0.457. The fourth-order valence-corrected chi connectivity index (χ4v) is 4.77. The maximum atomic E-state index is 12.8. The van der Waals surface area contributed by atoms with Crippen molar-refractivity contribution in [3.8, 4) is 6.07 Å². The Labute approximate surface area is 214 Å². The van der Waals surface area contributed by atoms with E-state index in [0.29, 0.717) is 11.6 Å². The smallest absolute Gasteiger partial charge is 0.345 e. The minimum Gasteiger partial charge on any atom is -0.345 e. The third-order valence-corrected chi connectivity index (χ3v) is 6.54. The van der Waals surface area contributed by atoms with Crippen molar-refractivity contribution in [3.05, 3.63) is 37.7 Å². The van der Waals surface area contributed by atoms with E-state index in [4.69, 9.17) is 0 Å². The highest BCUT2D eigenvalue weighted by molar-refractivity contribution is 7.07. The number of pyridine rings is 1. The topological polar surface area (TPSA) is 132 Å². The van der Waals surface area contributed by atoms with Gasteiger partial charge in [-0.15, -0.1) is 11.3 Å². The Bertz CT molecular complexity index is 1360. The molecule has 2 aromatic heterocycles. The van der Waals surface area contributed by atoms with Gasteiger partial charge in [0.15, 0.2) is 5.57 Å². The molecule has 0 spiro atoms. The first kappa shape index (κ1) is 27.9. The second kappa shape index (κ2) is 12.5. The van der Waals surface area contributed by atoms with E-state index in [1.807, 2.05) is 0 Å². The van der Waals surface area contributed by atoms with E-state index in [1.54, 1.807) is 36.5 Å². The monoisotopic (exact) mass is 537 g/mol. The van der Waals surface area contributed by atoms with Crippen molar-refractivity contribution < 1.29 is 22.8 Å². The third kappa shape index (κ3) is 7.89. The molecule has 10 nitrogen and oxygen atoms in total. The number of carbonyl (C=O) groups excluding carboxylic acids is 2. The molecule has 14 heteroatoms. The summed E-state index contributed by atoms with van der Waals surface area (Å²) in [6.45, 7) is 2.13. The Morgan fingerprint density at radius 1 is 1.22 bits per heavy atom. The van der Waals surface area contributed by atoms with Gasteiger partial charge in [0, 0.05) is 12.7 Å². The van der Waals surface area contributed by atoms with Crippen molar-refractivity contribution in [3.63, 3.8) is 0 Å². The maximum Gasteiger partial charge on any atom is 0.405 e. The van der Waals surface area contributed by atoms with E-state index in [0.717, 1.165) is 41.8 Å². The Hall–Kier alpha value is -3.70. The predicted molar refractivity (Wildman–Crippen MR) is 133 cm³/mol. The average molecular weight is 538 g/mol. The average Bonchev–Trinajstić information content (AvgIpc) is 3.17. The van der Waals surface area contributed by atoms with Crippen LogP contribution in [0.1, 0.15) is 26.2 Å². The number of aromatic nitrogens is 2. The summed E-state index contributed by atoms with van der Waals surface area (Å²) in [7, 11) is 0. The zero-order chi connectivity index (χ0) is 27.0. The number of thiazole rings is 1. The van der Waals surface area contributed by atoms with Gasteiger partial charge in [-0.05, 0) is 45.0 Å². The van der Waals surface area contributed by atoms with Crippen molar-refractivity contribution in [1.82, 2.24) is 19.8 Å². The van der Waals surface area contributed by atoms with E-state index in [1.165, 1.54) is 12.6 Å². The van der Waals surface area contributed by atoms with E-state index in [-0.39, 0.29) is 28.2 Å². The molecule has 2 amide bonds. The van der Waals surface area contributed by atoms with Crippen LogP contribution in [0.3, 0.4) is 0 Å². The van der Waals surface area contributed by atoms with Gasteiger partial charge in [-0.2, -0.15) is 18.4 Å². The molecule has 0 aromatic carbocycles. The second-order valence-electron chi connectivity index (χ2n) is 8.19. The molecule has 3 heterocycles. The summed E-state index contributed by atoms with van der Waals surface area (Å²) in [4.78, 5) is 43.7. The van der Waals surface area contributed by atoms with Gasteiger partial charge in [-0.25, -0.2) is 4.98 Å². The molecule has 1 saturated heterocycles. The van der Waals surface area contributed by atoms with E-state index < -0.39 is 29.8 Å². The fourth-order valence-electron chi connectivity index (χ4n) is 3.68. The molecule has 1 aliphatic heterocycles. The number of anilines is 2. The SMILES string of the molecule is CCn1c(=O)/c(=C\Nc2cccc(NC(=O)CN3CCCCC3)n2)s/c1=C(/C#N)C(=O)NCC(F)(F)F. The van der Waals surface area contributed by atoms with Crippen molar-refractivity contribution in [2.45, 2.75) is 38.9 Å². The van der Waals surface area contributed by atoms with Crippen LogP contribution >= 0.6 is 11.3 Å². The molecule has 1 fully saturated rings. The van der Waals surface area contributed by atoms with Crippen LogP contribution < -0.4 is 30.7 Å². The normalized spacial score (nSPS) is 15.6. The van der Waals surface area contributed by atoms with Crippen LogP contribution in [0.5, 0.6) is 0 Å². The zero-order valence-corrected chi connectivity index (χ0v) is 20.8. The number of hydrogen-bond donors (Lipinski definition) is 3. The van der Waals surface area contributed by atoms with Crippen LogP contribution in [0.15, 0.2) is 23.0 Å². The van der Waals surface area contributed by atoms with Crippen LogP contribution in [-0.2, 0) is 16.1 Å². The standard InChI is InChI=1S/C23H26F3N7O3S/c1-2-33-21(36)16(37-22(33)15(11-27)20(35)29-14-23(24,25)26)12-28-17-7-6-8-18(30-17)31-19(34)13-32-9-4-3-5-10-32/h6-8,12H,2-5,9-10,13-14H2,1H3,(H,29,35)(H2,28,30,31,34)/b16-12+,22-15-. The Balaban J connectivity index is 1.80. The van der Waals surface area contributed by atoms with Crippen molar-refractivity contribution in [2.24, 2.45) is 0 Å². The molecule has 2 aromatic rings. The highest BCUT2D eigenvalue weighted by Crippen LogP contribution is 2.13. The van der Waals surface area contributed by atoms with Gasteiger partial charge < -0.3 is 16.0 Å². The summed E-state index contributed by atoms with van der Waals surface area (Å²) in [5.41, 5.74) is -1.12. The highest BCUT2D eigenvalue weighted by atomic mass is 32.1. The molecule has 0 bridgehead atoms. The maximum absolute atomic E-state index is 12.8.